The first-order valence-electron chi connectivity index (χ1n) is 9.33. The predicted octanol–water partition coefficient (Wildman–Crippen LogP) is 3.56. The lowest BCUT2D eigenvalue weighted by Crippen LogP contribution is -2.36. The van der Waals surface area contributed by atoms with Gasteiger partial charge in [0.1, 0.15) is 11.6 Å². The van der Waals surface area contributed by atoms with Crippen LogP contribution in [0, 0.1) is 12.7 Å². The Morgan fingerprint density at radius 2 is 1.80 bits per heavy atom. The largest absolute Gasteiger partial charge is 0.494 e. The Morgan fingerprint density at radius 3 is 2.40 bits per heavy atom. The zero-order valence-electron chi connectivity index (χ0n) is 17.7. The number of hydrogen-bond acceptors (Lipinski definition) is 4. The van der Waals surface area contributed by atoms with Crippen LogP contribution in [-0.2, 0) is 28.7 Å². The maximum Gasteiger partial charge on any atom is 0.191 e. The molecule has 0 fully saturated rings. The highest BCUT2D eigenvalue weighted by molar-refractivity contribution is 14.0. The molecule has 2 aromatic carbocycles. The average Bonchev–Trinajstić information content (AvgIpc) is 2.65. The molecule has 2 N–H and O–H groups in total. The number of nitrogens with zero attached hydrogens (tertiary/aromatic N) is 1. The lowest BCUT2D eigenvalue weighted by molar-refractivity contribution is 0.338. The summed E-state index contributed by atoms with van der Waals surface area (Å²) in [6.45, 7) is 5.37. The van der Waals surface area contributed by atoms with E-state index in [1.54, 1.807) is 7.05 Å². The monoisotopic (exact) mass is 549 g/mol. The summed E-state index contributed by atoms with van der Waals surface area (Å²) in [6, 6.07) is 10.1. The van der Waals surface area contributed by atoms with Crippen molar-refractivity contribution in [2.24, 2.45) is 4.99 Å². The maximum atomic E-state index is 13.6. The summed E-state index contributed by atoms with van der Waals surface area (Å²) in [6.07, 6.45) is 1.16. The molecule has 0 aromatic heterocycles. The summed E-state index contributed by atoms with van der Waals surface area (Å²) in [5, 5.41) is 6.31. The molecule has 0 amide bonds. The van der Waals surface area contributed by atoms with Crippen molar-refractivity contribution in [2.45, 2.75) is 32.7 Å². The number of guanidine groups is 1. The van der Waals surface area contributed by atoms with Crippen molar-refractivity contribution in [3.05, 3.63) is 64.5 Å². The van der Waals surface area contributed by atoms with Crippen LogP contribution < -0.4 is 15.4 Å². The van der Waals surface area contributed by atoms with E-state index in [1.807, 2.05) is 32.0 Å². The molecule has 0 spiro atoms. The summed E-state index contributed by atoms with van der Waals surface area (Å²) < 4.78 is 42.4. The lowest BCUT2D eigenvalue weighted by Gasteiger charge is -2.15. The molecule has 0 unspecified atom stereocenters. The van der Waals surface area contributed by atoms with Crippen molar-refractivity contribution < 1.29 is 17.5 Å². The van der Waals surface area contributed by atoms with Gasteiger partial charge in [-0.15, -0.1) is 24.0 Å². The highest BCUT2D eigenvalue weighted by Crippen LogP contribution is 2.19. The van der Waals surface area contributed by atoms with Gasteiger partial charge in [-0.1, -0.05) is 18.2 Å². The third-order valence-electron chi connectivity index (χ3n) is 4.26. The van der Waals surface area contributed by atoms with Crippen molar-refractivity contribution in [3.8, 4) is 5.75 Å². The molecule has 166 valence electrons. The standard InChI is InChI=1S/C21H28FN3O3S.HI/c1-5-28-20-9-6-16(10-15(20)2)12-24-21(23-3)25-13-18-11-19(22)8-7-17(18)14-29(4,26)27;/h6-11H,5,12-14H2,1-4H3,(H2,23,24,25);1H. The number of benzene rings is 2. The van der Waals surface area contributed by atoms with Crippen molar-refractivity contribution in [1.29, 1.82) is 0 Å². The van der Waals surface area contributed by atoms with Gasteiger partial charge in [0.25, 0.3) is 0 Å². The molecule has 0 radical (unpaired) electrons. The van der Waals surface area contributed by atoms with E-state index < -0.39 is 15.7 Å². The number of ether oxygens (including phenoxy) is 1. The number of nitrogens with one attached hydrogen (secondary N) is 2. The Bertz CT molecular complexity index is 981. The molecule has 0 saturated carbocycles. The summed E-state index contributed by atoms with van der Waals surface area (Å²) >= 11 is 0. The number of aliphatic imine (C=N–C) groups is 1. The third-order valence-corrected chi connectivity index (χ3v) is 5.09. The van der Waals surface area contributed by atoms with Crippen LogP contribution in [0.2, 0.25) is 0 Å². The van der Waals surface area contributed by atoms with E-state index >= 15 is 0 Å². The predicted molar refractivity (Wildman–Crippen MR) is 130 cm³/mol. The summed E-state index contributed by atoms with van der Waals surface area (Å²) in [5.41, 5.74) is 3.27. The van der Waals surface area contributed by atoms with Gasteiger partial charge in [-0.25, -0.2) is 12.8 Å². The highest BCUT2D eigenvalue weighted by Gasteiger charge is 2.11. The molecule has 0 bridgehead atoms. The van der Waals surface area contributed by atoms with Crippen molar-refractivity contribution in [2.75, 3.05) is 19.9 Å². The molecule has 0 saturated heterocycles. The summed E-state index contributed by atoms with van der Waals surface area (Å²) in [5.74, 6) is 0.850. The Balaban J connectivity index is 0.00000450. The minimum absolute atomic E-state index is 0. The first-order chi connectivity index (χ1) is 13.7. The van der Waals surface area contributed by atoms with Gasteiger partial charge in [-0.05, 0) is 54.3 Å². The van der Waals surface area contributed by atoms with Crippen LogP contribution in [-0.4, -0.2) is 34.3 Å². The maximum absolute atomic E-state index is 13.6. The van der Waals surface area contributed by atoms with E-state index in [4.69, 9.17) is 4.74 Å². The van der Waals surface area contributed by atoms with E-state index in [0.29, 0.717) is 30.2 Å². The number of aryl methyl sites for hydroxylation is 1. The fourth-order valence-corrected chi connectivity index (χ4v) is 3.75. The third kappa shape index (κ3) is 8.47. The fraction of sp³-hybridized carbons (Fsp3) is 0.381. The van der Waals surface area contributed by atoms with Gasteiger partial charge in [-0.2, -0.15) is 0 Å². The number of halogens is 2. The number of hydrogen-bond donors (Lipinski definition) is 2. The van der Waals surface area contributed by atoms with Gasteiger partial charge in [-0.3, -0.25) is 4.99 Å². The molecule has 0 aliphatic rings. The Kier molecular flexibility index (Phi) is 10.5. The lowest BCUT2D eigenvalue weighted by atomic mass is 10.1. The number of sulfone groups is 1. The Labute approximate surface area is 195 Å². The van der Waals surface area contributed by atoms with Gasteiger partial charge in [0, 0.05) is 26.4 Å². The molecule has 0 heterocycles. The van der Waals surface area contributed by atoms with E-state index in [1.165, 1.54) is 18.2 Å². The van der Waals surface area contributed by atoms with Crippen LogP contribution in [0.4, 0.5) is 4.39 Å². The smallest absolute Gasteiger partial charge is 0.191 e. The van der Waals surface area contributed by atoms with Gasteiger partial charge in [0.2, 0.25) is 0 Å². The van der Waals surface area contributed by atoms with Crippen LogP contribution in [0.3, 0.4) is 0 Å². The van der Waals surface area contributed by atoms with Crippen LogP contribution in [0.15, 0.2) is 41.4 Å². The van der Waals surface area contributed by atoms with E-state index in [2.05, 4.69) is 15.6 Å². The summed E-state index contributed by atoms with van der Waals surface area (Å²) in [7, 11) is -1.58. The first-order valence-corrected chi connectivity index (χ1v) is 11.4. The van der Waals surface area contributed by atoms with Crippen LogP contribution in [0.5, 0.6) is 5.75 Å². The quantitative estimate of drug-likeness (QED) is 0.299. The van der Waals surface area contributed by atoms with E-state index in [9.17, 15) is 12.8 Å². The first kappa shape index (κ1) is 26.2. The van der Waals surface area contributed by atoms with Gasteiger partial charge in [0.05, 0.1) is 12.4 Å². The molecule has 9 heteroatoms. The topological polar surface area (TPSA) is 79.8 Å². The normalized spacial score (nSPS) is 11.6. The molecule has 2 rings (SSSR count). The van der Waals surface area contributed by atoms with Gasteiger partial charge in [0.15, 0.2) is 15.8 Å². The van der Waals surface area contributed by atoms with Crippen molar-refractivity contribution in [3.63, 3.8) is 0 Å². The van der Waals surface area contributed by atoms with Crippen LogP contribution >= 0.6 is 24.0 Å². The second kappa shape index (κ2) is 12.1. The van der Waals surface area contributed by atoms with E-state index in [-0.39, 0.29) is 36.3 Å². The van der Waals surface area contributed by atoms with Gasteiger partial charge < -0.3 is 15.4 Å². The second-order valence-electron chi connectivity index (χ2n) is 6.80. The fourth-order valence-electron chi connectivity index (χ4n) is 2.91. The zero-order chi connectivity index (χ0) is 21.4. The summed E-state index contributed by atoms with van der Waals surface area (Å²) in [4.78, 5) is 4.17. The molecule has 2 aromatic rings. The molecule has 0 aliphatic carbocycles. The van der Waals surface area contributed by atoms with Crippen molar-refractivity contribution in [1.82, 2.24) is 10.6 Å². The SMILES string of the molecule is CCOc1ccc(CNC(=NC)NCc2cc(F)ccc2CS(C)(=O)=O)cc1C.I. The van der Waals surface area contributed by atoms with Crippen LogP contribution in [0.25, 0.3) is 0 Å². The molecule has 0 aliphatic heterocycles. The average molecular weight is 549 g/mol. The Hall–Kier alpha value is -1.88. The molecular weight excluding hydrogens is 520 g/mol. The minimum atomic E-state index is -3.22. The van der Waals surface area contributed by atoms with Crippen LogP contribution in [0.1, 0.15) is 29.2 Å². The molecule has 0 atom stereocenters. The Morgan fingerprint density at radius 1 is 1.10 bits per heavy atom. The molecule has 6 nitrogen and oxygen atoms in total. The molecule has 30 heavy (non-hydrogen) atoms. The highest BCUT2D eigenvalue weighted by atomic mass is 127. The zero-order valence-corrected chi connectivity index (χ0v) is 20.8. The van der Waals surface area contributed by atoms with Gasteiger partial charge >= 0.3 is 0 Å². The van der Waals surface area contributed by atoms with Crippen molar-refractivity contribution >= 4 is 39.8 Å². The van der Waals surface area contributed by atoms with E-state index in [0.717, 1.165) is 23.1 Å². The number of rotatable bonds is 8. The minimum Gasteiger partial charge on any atom is -0.494 e. The molecular formula is C21H29FIN3O3S. The second-order valence-corrected chi connectivity index (χ2v) is 8.94.